The molecule has 0 amide bonds. The van der Waals surface area contributed by atoms with Gasteiger partial charge in [-0.3, -0.25) is 9.48 Å². The third kappa shape index (κ3) is 4.94. The van der Waals surface area contributed by atoms with Crippen molar-refractivity contribution in [2.75, 3.05) is 34.3 Å². The second-order valence-electron chi connectivity index (χ2n) is 5.37. The molecule has 1 heterocycles. The summed E-state index contributed by atoms with van der Waals surface area (Å²) < 4.78 is 6.98. The quantitative estimate of drug-likeness (QED) is 0.685. The SMILES string of the molecule is COc1cnn(CCN(C)C)c1C(=O)CCNC(C)C. The predicted octanol–water partition coefficient (Wildman–Crippen LogP) is 1.02. The maximum atomic E-state index is 12.3. The number of ketones is 1. The molecule has 0 atom stereocenters. The van der Waals surface area contributed by atoms with E-state index < -0.39 is 0 Å². The topological polar surface area (TPSA) is 59.4 Å². The first-order chi connectivity index (χ1) is 9.45. The molecule has 1 aromatic rings. The number of likely N-dealkylation sites (N-methyl/N-ethyl adjacent to an activating group) is 1. The van der Waals surface area contributed by atoms with Crippen LogP contribution in [-0.2, 0) is 6.54 Å². The molecular weight excluding hydrogens is 256 g/mol. The Bertz CT molecular complexity index is 427. The van der Waals surface area contributed by atoms with E-state index in [9.17, 15) is 4.79 Å². The third-order valence-electron chi connectivity index (χ3n) is 2.95. The normalized spacial score (nSPS) is 11.3. The van der Waals surface area contributed by atoms with E-state index in [0.29, 0.717) is 37.0 Å². The molecule has 1 N–H and O–H groups in total. The van der Waals surface area contributed by atoms with Crippen LogP contribution in [0, 0.1) is 0 Å². The van der Waals surface area contributed by atoms with Gasteiger partial charge in [-0.1, -0.05) is 13.8 Å². The summed E-state index contributed by atoms with van der Waals surface area (Å²) in [6.07, 6.45) is 2.06. The molecule has 0 radical (unpaired) electrons. The molecule has 0 aliphatic heterocycles. The fourth-order valence-corrected chi connectivity index (χ4v) is 1.86. The molecular formula is C14H26N4O2. The summed E-state index contributed by atoms with van der Waals surface area (Å²) in [7, 11) is 5.56. The predicted molar refractivity (Wildman–Crippen MR) is 79.4 cm³/mol. The zero-order valence-corrected chi connectivity index (χ0v) is 13.1. The number of ether oxygens (including phenoxy) is 1. The molecule has 20 heavy (non-hydrogen) atoms. The smallest absolute Gasteiger partial charge is 0.185 e. The van der Waals surface area contributed by atoms with Gasteiger partial charge in [-0.15, -0.1) is 0 Å². The highest BCUT2D eigenvalue weighted by Crippen LogP contribution is 2.19. The van der Waals surface area contributed by atoms with Gasteiger partial charge in [0, 0.05) is 25.6 Å². The Morgan fingerprint density at radius 3 is 2.75 bits per heavy atom. The Kier molecular flexibility index (Phi) is 6.67. The minimum absolute atomic E-state index is 0.0613. The van der Waals surface area contributed by atoms with Gasteiger partial charge in [-0.05, 0) is 14.1 Å². The summed E-state index contributed by atoms with van der Waals surface area (Å²) in [5.74, 6) is 0.615. The van der Waals surface area contributed by atoms with Crippen LogP contribution in [-0.4, -0.2) is 60.8 Å². The molecule has 114 valence electrons. The highest BCUT2D eigenvalue weighted by Gasteiger charge is 2.19. The monoisotopic (exact) mass is 282 g/mol. The van der Waals surface area contributed by atoms with E-state index >= 15 is 0 Å². The van der Waals surface area contributed by atoms with Crippen molar-refractivity contribution in [1.29, 1.82) is 0 Å². The average molecular weight is 282 g/mol. The first-order valence-electron chi connectivity index (χ1n) is 6.96. The summed E-state index contributed by atoms with van der Waals surface area (Å²) >= 11 is 0. The molecule has 0 aliphatic rings. The summed E-state index contributed by atoms with van der Waals surface area (Å²) in [5, 5.41) is 7.49. The van der Waals surface area contributed by atoms with Crippen LogP contribution < -0.4 is 10.1 Å². The van der Waals surface area contributed by atoms with Crippen molar-refractivity contribution >= 4 is 5.78 Å². The first kappa shape index (κ1) is 16.7. The number of rotatable bonds is 9. The lowest BCUT2D eigenvalue weighted by atomic mass is 10.2. The van der Waals surface area contributed by atoms with Crippen molar-refractivity contribution in [3.63, 3.8) is 0 Å². The van der Waals surface area contributed by atoms with Gasteiger partial charge in [0.2, 0.25) is 0 Å². The molecule has 0 saturated carbocycles. The van der Waals surface area contributed by atoms with Crippen LogP contribution in [0.5, 0.6) is 5.75 Å². The summed E-state index contributed by atoms with van der Waals surface area (Å²) in [6.45, 7) is 6.29. The van der Waals surface area contributed by atoms with E-state index in [0.717, 1.165) is 6.54 Å². The number of methoxy groups -OCH3 is 1. The summed E-state index contributed by atoms with van der Waals surface area (Å²) in [6, 6.07) is 0.378. The molecule has 0 aliphatic carbocycles. The molecule has 0 spiro atoms. The number of nitrogens with one attached hydrogen (secondary N) is 1. The molecule has 0 unspecified atom stereocenters. The lowest BCUT2D eigenvalue weighted by molar-refractivity contribution is 0.0967. The molecule has 1 rings (SSSR count). The van der Waals surface area contributed by atoms with E-state index in [-0.39, 0.29) is 5.78 Å². The molecule has 0 aromatic carbocycles. The molecule has 0 bridgehead atoms. The highest BCUT2D eigenvalue weighted by atomic mass is 16.5. The molecule has 0 saturated heterocycles. The number of nitrogens with zero attached hydrogens (tertiary/aromatic N) is 3. The lowest BCUT2D eigenvalue weighted by Crippen LogP contribution is -2.27. The number of Topliss-reactive ketones (excluding diaryl/α,β-unsaturated/α-hetero) is 1. The van der Waals surface area contributed by atoms with Crippen LogP contribution >= 0.6 is 0 Å². The lowest BCUT2D eigenvalue weighted by Gasteiger charge is -2.12. The second-order valence-corrected chi connectivity index (χ2v) is 5.37. The van der Waals surface area contributed by atoms with Gasteiger partial charge in [-0.25, -0.2) is 0 Å². The zero-order valence-electron chi connectivity index (χ0n) is 13.1. The van der Waals surface area contributed by atoms with Crippen LogP contribution in [0.1, 0.15) is 30.8 Å². The van der Waals surface area contributed by atoms with E-state index in [1.165, 1.54) is 0 Å². The van der Waals surface area contributed by atoms with E-state index in [1.54, 1.807) is 18.0 Å². The number of hydrogen-bond acceptors (Lipinski definition) is 5. The Morgan fingerprint density at radius 2 is 2.20 bits per heavy atom. The maximum Gasteiger partial charge on any atom is 0.185 e. The van der Waals surface area contributed by atoms with Crippen molar-refractivity contribution in [2.24, 2.45) is 0 Å². The molecule has 6 nitrogen and oxygen atoms in total. The second kappa shape index (κ2) is 8.01. The number of aromatic nitrogens is 2. The van der Waals surface area contributed by atoms with E-state index in [4.69, 9.17) is 4.74 Å². The van der Waals surface area contributed by atoms with Crippen LogP contribution in [0.2, 0.25) is 0 Å². The van der Waals surface area contributed by atoms with Gasteiger partial charge < -0.3 is 15.0 Å². The van der Waals surface area contributed by atoms with Crippen molar-refractivity contribution < 1.29 is 9.53 Å². The maximum absolute atomic E-state index is 12.3. The summed E-state index contributed by atoms with van der Waals surface area (Å²) in [5.41, 5.74) is 0.569. The van der Waals surface area contributed by atoms with E-state index in [1.807, 2.05) is 14.1 Å². The third-order valence-corrected chi connectivity index (χ3v) is 2.95. The Labute approximate surface area is 121 Å². The fourth-order valence-electron chi connectivity index (χ4n) is 1.86. The average Bonchev–Trinajstić information content (AvgIpc) is 2.78. The van der Waals surface area contributed by atoms with Crippen LogP contribution in [0.25, 0.3) is 0 Å². The Balaban J connectivity index is 2.74. The Hall–Kier alpha value is -1.40. The van der Waals surface area contributed by atoms with Gasteiger partial charge in [0.05, 0.1) is 19.9 Å². The first-order valence-corrected chi connectivity index (χ1v) is 6.96. The fraction of sp³-hybridized carbons (Fsp3) is 0.714. The zero-order chi connectivity index (χ0) is 15.1. The van der Waals surface area contributed by atoms with Gasteiger partial charge in [0.15, 0.2) is 11.5 Å². The number of carbonyl (C=O) groups is 1. The van der Waals surface area contributed by atoms with Crippen molar-refractivity contribution in [3.05, 3.63) is 11.9 Å². The van der Waals surface area contributed by atoms with Crippen molar-refractivity contribution in [3.8, 4) is 5.75 Å². The van der Waals surface area contributed by atoms with Crippen LogP contribution in [0.4, 0.5) is 0 Å². The largest absolute Gasteiger partial charge is 0.493 e. The highest BCUT2D eigenvalue weighted by molar-refractivity contribution is 5.97. The molecule has 0 fully saturated rings. The minimum Gasteiger partial charge on any atom is -0.493 e. The standard InChI is InChI=1S/C14H26N4O2/c1-11(2)15-7-6-12(19)14-13(20-5)10-16-18(14)9-8-17(3)4/h10-11,15H,6-9H2,1-5H3. The van der Waals surface area contributed by atoms with Crippen LogP contribution in [0.15, 0.2) is 6.20 Å². The number of carbonyl (C=O) groups excluding carboxylic acids is 1. The van der Waals surface area contributed by atoms with Gasteiger partial charge >= 0.3 is 0 Å². The summed E-state index contributed by atoms with van der Waals surface area (Å²) in [4.78, 5) is 14.4. The minimum atomic E-state index is 0.0613. The van der Waals surface area contributed by atoms with Crippen molar-refractivity contribution in [2.45, 2.75) is 32.9 Å². The Morgan fingerprint density at radius 1 is 1.50 bits per heavy atom. The van der Waals surface area contributed by atoms with Gasteiger partial charge in [0.1, 0.15) is 5.69 Å². The van der Waals surface area contributed by atoms with Gasteiger partial charge in [0.25, 0.3) is 0 Å². The molecule has 6 heteroatoms. The van der Waals surface area contributed by atoms with Crippen molar-refractivity contribution in [1.82, 2.24) is 20.0 Å². The number of hydrogen-bond donors (Lipinski definition) is 1. The molecule has 1 aromatic heterocycles. The van der Waals surface area contributed by atoms with Gasteiger partial charge in [-0.2, -0.15) is 5.10 Å². The van der Waals surface area contributed by atoms with Crippen LogP contribution in [0.3, 0.4) is 0 Å². The van der Waals surface area contributed by atoms with E-state index in [2.05, 4.69) is 29.2 Å².